The lowest BCUT2D eigenvalue weighted by atomic mass is 9.97. The fourth-order valence-electron chi connectivity index (χ4n) is 4.03. The van der Waals surface area contributed by atoms with Crippen LogP contribution >= 0.6 is 0 Å². The molecule has 2 aliphatic heterocycles. The highest BCUT2D eigenvalue weighted by atomic mass is 15.2. The molecule has 2 fully saturated rings. The van der Waals surface area contributed by atoms with E-state index < -0.39 is 0 Å². The highest BCUT2D eigenvalue weighted by molar-refractivity contribution is 5.77. The van der Waals surface area contributed by atoms with Gasteiger partial charge in [-0.3, -0.25) is 9.89 Å². The molecule has 0 spiro atoms. The van der Waals surface area contributed by atoms with E-state index in [2.05, 4.69) is 40.9 Å². The largest absolute Gasteiger partial charge is 0.370 e. The fourth-order valence-corrected chi connectivity index (χ4v) is 4.03. The normalized spacial score (nSPS) is 27.7. The maximum absolute atomic E-state index is 6.08. The summed E-state index contributed by atoms with van der Waals surface area (Å²) in [5.41, 5.74) is 6.08. The van der Waals surface area contributed by atoms with E-state index in [-0.39, 0.29) is 0 Å². The van der Waals surface area contributed by atoms with Crippen LogP contribution in [0.5, 0.6) is 0 Å². The summed E-state index contributed by atoms with van der Waals surface area (Å²) >= 11 is 0. The summed E-state index contributed by atoms with van der Waals surface area (Å²) in [6, 6.07) is 0.630. The van der Waals surface area contributed by atoms with E-state index in [1.54, 1.807) is 0 Å². The third-order valence-corrected chi connectivity index (χ3v) is 5.17. The van der Waals surface area contributed by atoms with E-state index in [0.29, 0.717) is 17.9 Å². The maximum atomic E-state index is 6.08. The summed E-state index contributed by atoms with van der Waals surface area (Å²) in [6.45, 7) is 14.7. The zero-order valence-electron chi connectivity index (χ0n) is 15.4. The number of nitrogens with two attached hydrogens (primary N) is 1. The Morgan fingerprint density at radius 2 is 2.04 bits per heavy atom. The number of guanidine groups is 1. The number of piperidine rings is 1. The summed E-state index contributed by atoms with van der Waals surface area (Å²) in [6.07, 6.45) is 5.18. The number of likely N-dealkylation sites (tertiary alicyclic amines) is 2. The molecule has 0 aromatic heterocycles. The summed E-state index contributed by atoms with van der Waals surface area (Å²) in [4.78, 5) is 9.74. The van der Waals surface area contributed by atoms with Gasteiger partial charge in [0.1, 0.15) is 0 Å². The third-order valence-electron chi connectivity index (χ3n) is 5.17. The average molecular weight is 324 g/mol. The molecule has 0 amide bonds. The van der Waals surface area contributed by atoms with Crippen molar-refractivity contribution in [3.8, 4) is 0 Å². The van der Waals surface area contributed by atoms with Gasteiger partial charge in [-0.25, -0.2) is 0 Å². The molecule has 0 radical (unpaired) electrons. The minimum atomic E-state index is 0.630. The van der Waals surface area contributed by atoms with Crippen LogP contribution in [-0.4, -0.2) is 67.6 Å². The highest BCUT2D eigenvalue weighted by Gasteiger charge is 2.23. The van der Waals surface area contributed by atoms with Gasteiger partial charge < -0.3 is 16.0 Å². The van der Waals surface area contributed by atoms with Crippen LogP contribution in [0.4, 0.5) is 0 Å². The lowest BCUT2D eigenvalue weighted by molar-refractivity contribution is 0.162. The van der Waals surface area contributed by atoms with Crippen LogP contribution in [0.15, 0.2) is 4.99 Å². The number of rotatable bonds is 7. The van der Waals surface area contributed by atoms with Crippen LogP contribution in [0, 0.1) is 11.8 Å². The van der Waals surface area contributed by atoms with E-state index in [9.17, 15) is 0 Å². The predicted molar refractivity (Wildman–Crippen MR) is 98.8 cm³/mol. The Kier molecular flexibility index (Phi) is 7.63. The van der Waals surface area contributed by atoms with Crippen LogP contribution in [0.1, 0.15) is 46.5 Å². The molecule has 0 aromatic rings. The monoisotopic (exact) mass is 323 g/mol. The second kappa shape index (κ2) is 9.48. The lowest BCUT2D eigenvalue weighted by Gasteiger charge is -2.33. The standard InChI is InChI=1S/C18H37N5/c1-4-23-10-6-8-17(23)12-21-18(19)20-11-16-7-5-9-22(14-16)13-15(2)3/h15-17H,4-14H2,1-3H3,(H3,19,20,21). The Bertz CT molecular complexity index is 368. The molecule has 2 unspecified atom stereocenters. The molecule has 0 bridgehead atoms. The second-order valence-electron chi connectivity index (χ2n) is 7.69. The maximum Gasteiger partial charge on any atom is 0.188 e. The molecule has 0 saturated carbocycles. The number of aliphatic imine (C=N–C) groups is 1. The van der Waals surface area contributed by atoms with E-state index in [4.69, 9.17) is 5.73 Å². The number of hydrogen-bond donors (Lipinski definition) is 2. The minimum Gasteiger partial charge on any atom is -0.370 e. The van der Waals surface area contributed by atoms with Crippen LogP contribution in [-0.2, 0) is 0 Å². The summed E-state index contributed by atoms with van der Waals surface area (Å²) in [7, 11) is 0. The topological polar surface area (TPSA) is 56.9 Å². The van der Waals surface area contributed by atoms with Crippen LogP contribution in [0.25, 0.3) is 0 Å². The molecular formula is C18H37N5. The van der Waals surface area contributed by atoms with E-state index in [1.807, 2.05) is 0 Å². The smallest absolute Gasteiger partial charge is 0.188 e. The summed E-state index contributed by atoms with van der Waals surface area (Å²) in [5, 5.41) is 3.34. The molecule has 5 nitrogen and oxygen atoms in total. The molecular weight excluding hydrogens is 286 g/mol. The van der Waals surface area contributed by atoms with Crippen molar-refractivity contribution in [3.05, 3.63) is 0 Å². The summed E-state index contributed by atoms with van der Waals surface area (Å²) < 4.78 is 0. The van der Waals surface area contributed by atoms with Crippen molar-refractivity contribution >= 4 is 5.96 Å². The molecule has 2 atom stereocenters. The Labute approximate surface area is 142 Å². The molecule has 0 aromatic carbocycles. The van der Waals surface area contributed by atoms with Crippen molar-refractivity contribution < 1.29 is 0 Å². The molecule has 0 aliphatic carbocycles. The van der Waals surface area contributed by atoms with Gasteiger partial charge in [0.2, 0.25) is 0 Å². The SMILES string of the molecule is CCN1CCCC1CNC(N)=NCC1CCCN(CC(C)C)C1. The van der Waals surface area contributed by atoms with Gasteiger partial charge in [-0.1, -0.05) is 20.8 Å². The predicted octanol–water partition coefficient (Wildman–Crippen LogP) is 1.74. The Hall–Kier alpha value is -0.810. The van der Waals surface area contributed by atoms with Crippen molar-refractivity contribution in [1.82, 2.24) is 15.1 Å². The molecule has 134 valence electrons. The molecule has 2 saturated heterocycles. The molecule has 23 heavy (non-hydrogen) atoms. The molecule has 2 heterocycles. The second-order valence-corrected chi connectivity index (χ2v) is 7.69. The van der Waals surface area contributed by atoms with Gasteiger partial charge in [0.05, 0.1) is 0 Å². The number of nitrogens with one attached hydrogen (secondary N) is 1. The lowest BCUT2D eigenvalue weighted by Crippen LogP contribution is -2.43. The number of likely N-dealkylation sites (N-methyl/N-ethyl adjacent to an activating group) is 1. The van der Waals surface area contributed by atoms with E-state index in [0.717, 1.165) is 25.6 Å². The van der Waals surface area contributed by atoms with E-state index in [1.165, 1.54) is 51.9 Å². The number of hydrogen-bond acceptors (Lipinski definition) is 3. The molecule has 2 aliphatic rings. The zero-order valence-corrected chi connectivity index (χ0v) is 15.4. The van der Waals surface area contributed by atoms with Crippen LogP contribution in [0.2, 0.25) is 0 Å². The quantitative estimate of drug-likeness (QED) is 0.553. The first-order valence-corrected chi connectivity index (χ1v) is 9.58. The third kappa shape index (κ3) is 6.30. The average Bonchev–Trinajstić information content (AvgIpc) is 2.98. The van der Waals surface area contributed by atoms with Crippen molar-refractivity contribution in [2.75, 3.05) is 45.8 Å². The van der Waals surface area contributed by atoms with Crippen LogP contribution < -0.4 is 11.1 Å². The Morgan fingerprint density at radius 3 is 2.78 bits per heavy atom. The fraction of sp³-hybridized carbons (Fsp3) is 0.944. The van der Waals surface area contributed by atoms with Gasteiger partial charge in [-0.15, -0.1) is 0 Å². The molecule has 2 rings (SSSR count). The van der Waals surface area contributed by atoms with Gasteiger partial charge in [0, 0.05) is 32.2 Å². The Morgan fingerprint density at radius 1 is 1.26 bits per heavy atom. The van der Waals surface area contributed by atoms with Crippen LogP contribution in [0.3, 0.4) is 0 Å². The van der Waals surface area contributed by atoms with Gasteiger partial charge in [0.15, 0.2) is 5.96 Å². The molecule has 5 heteroatoms. The van der Waals surface area contributed by atoms with Gasteiger partial charge in [-0.05, 0) is 57.2 Å². The van der Waals surface area contributed by atoms with Crippen molar-refractivity contribution in [2.24, 2.45) is 22.6 Å². The van der Waals surface area contributed by atoms with Gasteiger partial charge in [0.25, 0.3) is 0 Å². The summed E-state index contributed by atoms with van der Waals surface area (Å²) in [5.74, 6) is 2.05. The minimum absolute atomic E-state index is 0.630. The van der Waals surface area contributed by atoms with Gasteiger partial charge in [-0.2, -0.15) is 0 Å². The van der Waals surface area contributed by atoms with Crippen molar-refractivity contribution in [1.29, 1.82) is 0 Å². The van der Waals surface area contributed by atoms with Gasteiger partial charge >= 0.3 is 0 Å². The number of nitrogens with zero attached hydrogens (tertiary/aromatic N) is 3. The zero-order chi connectivity index (χ0) is 16.7. The Balaban J connectivity index is 1.69. The molecule has 3 N–H and O–H groups in total. The van der Waals surface area contributed by atoms with Crippen molar-refractivity contribution in [2.45, 2.75) is 52.5 Å². The first-order valence-electron chi connectivity index (χ1n) is 9.58. The first kappa shape index (κ1) is 18.5. The highest BCUT2D eigenvalue weighted by Crippen LogP contribution is 2.18. The van der Waals surface area contributed by atoms with E-state index >= 15 is 0 Å². The first-order chi connectivity index (χ1) is 11.1. The van der Waals surface area contributed by atoms with Crippen molar-refractivity contribution in [3.63, 3.8) is 0 Å².